The number of ether oxygens (including phenoxy) is 2. The Hall–Kier alpha value is -1.52. The van der Waals surface area contributed by atoms with Crippen molar-refractivity contribution in [3.8, 4) is 11.5 Å². The third kappa shape index (κ3) is 2.58. The summed E-state index contributed by atoms with van der Waals surface area (Å²) >= 11 is 0. The van der Waals surface area contributed by atoms with Crippen molar-refractivity contribution in [3.63, 3.8) is 0 Å². The van der Waals surface area contributed by atoms with Crippen LogP contribution in [0.1, 0.15) is 43.7 Å². The van der Waals surface area contributed by atoms with Gasteiger partial charge in [0.05, 0.1) is 38.8 Å². The van der Waals surface area contributed by atoms with Gasteiger partial charge in [-0.1, -0.05) is 25.5 Å². The van der Waals surface area contributed by atoms with Crippen LogP contribution in [-0.4, -0.2) is 49.0 Å². The molecule has 0 bridgehead atoms. The largest absolute Gasteiger partial charge is 0.493 e. The van der Waals surface area contributed by atoms with Crippen molar-refractivity contribution >= 4 is 0 Å². The van der Waals surface area contributed by atoms with Gasteiger partial charge in [0.2, 0.25) is 0 Å². The maximum Gasteiger partial charge on any atom is 0.166 e. The first-order valence-electron chi connectivity index (χ1n) is 9.59. The highest BCUT2D eigenvalue weighted by Gasteiger charge is 2.54. The van der Waals surface area contributed by atoms with E-state index in [1.54, 1.807) is 7.11 Å². The number of benzene rings is 1. The van der Waals surface area contributed by atoms with Gasteiger partial charge in [0, 0.05) is 24.0 Å². The number of quaternary nitrogens is 1. The van der Waals surface area contributed by atoms with Gasteiger partial charge in [-0.15, -0.1) is 0 Å². The molecule has 1 aromatic rings. The first kappa shape index (κ1) is 16.9. The van der Waals surface area contributed by atoms with Crippen molar-refractivity contribution in [2.45, 2.75) is 56.8 Å². The smallest absolute Gasteiger partial charge is 0.166 e. The highest BCUT2D eigenvalue weighted by molar-refractivity contribution is 5.60. The predicted octanol–water partition coefficient (Wildman–Crippen LogP) is 3.17. The van der Waals surface area contributed by atoms with Gasteiger partial charge in [-0.25, -0.2) is 0 Å². The fraction of sp³-hybridized carbons (Fsp3) is 0.619. The first-order chi connectivity index (χ1) is 12.0. The maximum atomic E-state index is 10.1. The molecule has 0 fully saturated rings. The van der Waals surface area contributed by atoms with E-state index in [2.05, 4.69) is 32.2 Å². The second-order valence-corrected chi connectivity index (χ2v) is 8.27. The van der Waals surface area contributed by atoms with Crippen molar-refractivity contribution in [1.29, 1.82) is 0 Å². The molecule has 0 amide bonds. The number of nitrogens with zero attached hydrogens (tertiary/aromatic N) is 1. The number of aliphatic hydroxyl groups is 1. The van der Waals surface area contributed by atoms with Gasteiger partial charge >= 0.3 is 0 Å². The molecule has 4 rings (SSSR count). The summed E-state index contributed by atoms with van der Waals surface area (Å²) < 4.78 is 13.1. The van der Waals surface area contributed by atoms with Crippen LogP contribution >= 0.6 is 0 Å². The van der Waals surface area contributed by atoms with Crippen LogP contribution < -0.4 is 9.47 Å². The zero-order valence-corrected chi connectivity index (χ0v) is 15.6. The molecule has 0 saturated carbocycles. The molecule has 1 N–H and O–H groups in total. The van der Waals surface area contributed by atoms with Crippen LogP contribution in [0, 0.1) is 0 Å². The Labute approximate surface area is 150 Å². The Balaban J connectivity index is 1.84. The molecule has 1 aromatic carbocycles. The van der Waals surface area contributed by atoms with Crippen LogP contribution in [0.2, 0.25) is 0 Å². The van der Waals surface area contributed by atoms with E-state index in [1.165, 1.54) is 30.5 Å². The molecule has 4 nitrogen and oxygen atoms in total. The van der Waals surface area contributed by atoms with Crippen molar-refractivity contribution in [2.75, 3.05) is 27.2 Å². The molecule has 0 aromatic heterocycles. The van der Waals surface area contributed by atoms with Crippen LogP contribution in [0.15, 0.2) is 24.3 Å². The van der Waals surface area contributed by atoms with Crippen LogP contribution in [0.5, 0.6) is 11.5 Å². The van der Waals surface area contributed by atoms with E-state index in [0.29, 0.717) is 6.42 Å². The van der Waals surface area contributed by atoms with Gasteiger partial charge in [-0.05, 0) is 18.6 Å². The molecule has 2 heterocycles. The van der Waals surface area contributed by atoms with Crippen LogP contribution in [0.3, 0.4) is 0 Å². The fourth-order valence-electron chi connectivity index (χ4n) is 5.01. The van der Waals surface area contributed by atoms with Crippen molar-refractivity contribution < 1.29 is 19.1 Å². The molecule has 25 heavy (non-hydrogen) atoms. The summed E-state index contributed by atoms with van der Waals surface area (Å²) in [4.78, 5) is 0. The zero-order chi connectivity index (χ0) is 17.7. The Bertz CT molecular complexity index is 701. The summed E-state index contributed by atoms with van der Waals surface area (Å²) in [6.45, 7) is 5.66. The molecule has 3 aliphatic rings. The average Bonchev–Trinajstić information content (AvgIpc) is 2.87. The highest BCUT2D eigenvalue weighted by atomic mass is 16.5. The lowest BCUT2D eigenvalue weighted by Gasteiger charge is -2.37. The van der Waals surface area contributed by atoms with Gasteiger partial charge < -0.3 is 19.1 Å². The number of methoxy groups -OCH3 is 1. The Morgan fingerprint density at radius 3 is 3.00 bits per heavy atom. The molecule has 4 heteroatoms. The summed E-state index contributed by atoms with van der Waals surface area (Å²) in [5, 5.41) is 10.1. The van der Waals surface area contributed by atoms with E-state index in [-0.39, 0.29) is 11.5 Å². The Morgan fingerprint density at radius 2 is 2.24 bits per heavy atom. The van der Waals surface area contributed by atoms with E-state index >= 15 is 0 Å². The van der Waals surface area contributed by atoms with Crippen molar-refractivity contribution in [1.82, 2.24) is 0 Å². The molecule has 2 unspecified atom stereocenters. The minimum atomic E-state index is -0.413. The molecule has 0 saturated heterocycles. The lowest BCUT2D eigenvalue weighted by molar-refractivity contribution is -0.922. The van der Waals surface area contributed by atoms with Gasteiger partial charge in [0.15, 0.2) is 11.5 Å². The molecule has 4 atom stereocenters. The predicted molar refractivity (Wildman–Crippen MR) is 98.0 cm³/mol. The third-order valence-corrected chi connectivity index (χ3v) is 6.47. The zero-order valence-electron chi connectivity index (χ0n) is 15.6. The number of rotatable bonds is 4. The summed E-state index contributed by atoms with van der Waals surface area (Å²) in [6, 6.07) is 4.28. The van der Waals surface area contributed by atoms with E-state index in [0.717, 1.165) is 35.5 Å². The molecular weight excluding hydrogens is 314 g/mol. The summed E-state index contributed by atoms with van der Waals surface area (Å²) in [6.07, 6.45) is 8.02. The number of hydrogen-bond acceptors (Lipinski definition) is 3. The van der Waals surface area contributed by atoms with Crippen LogP contribution in [-0.2, 0) is 12.0 Å². The number of hydrogen-bond donors (Lipinski definition) is 1. The van der Waals surface area contributed by atoms with Gasteiger partial charge in [-0.2, -0.15) is 0 Å². The third-order valence-electron chi connectivity index (χ3n) is 6.47. The topological polar surface area (TPSA) is 38.7 Å². The molecule has 136 valence electrons. The summed E-state index contributed by atoms with van der Waals surface area (Å²) in [7, 11) is 4.10. The van der Waals surface area contributed by atoms with Crippen molar-refractivity contribution in [2.24, 2.45) is 0 Å². The van der Waals surface area contributed by atoms with Crippen LogP contribution in [0.25, 0.3) is 0 Å². The first-order valence-corrected chi connectivity index (χ1v) is 9.59. The van der Waals surface area contributed by atoms with E-state index < -0.39 is 6.10 Å². The van der Waals surface area contributed by atoms with Gasteiger partial charge in [0.1, 0.15) is 12.6 Å². The second kappa shape index (κ2) is 6.03. The second-order valence-electron chi connectivity index (χ2n) is 8.27. The normalized spacial score (nSPS) is 35.5. The highest BCUT2D eigenvalue weighted by Crippen LogP contribution is 2.56. The standard InChI is InChI=1S/C21H30NO3/c1-4-5-11-22(2)12-10-21-9-8-16(23)13-18(21)25-20-17(24-3)7-6-15(14-22)19(20)21/h6-9,16,18,23H,4-5,10-14H2,1-3H3/q+1/t16-,18-,21?,22?/m0/s1. The monoisotopic (exact) mass is 344 g/mol. The SMILES string of the molecule is CCCC[N+]1(C)CCC23C=C[C@H](O)C[C@@H]2Oc2c(OC)ccc(c23)C1. The van der Waals surface area contributed by atoms with Crippen LogP contribution in [0.4, 0.5) is 0 Å². The van der Waals surface area contributed by atoms with Gasteiger partial charge in [0.25, 0.3) is 0 Å². The summed E-state index contributed by atoms with van der Waals surface area (Å²) in [5.74, 6) is 1.73. The molecule has 2 aliphatic heterocycles. The maximum absolute atomic E-state index is 10.1. The molecular formula is C21H30NO3+. The van der Waals surface area contributed by atoms with E-state index in [9.17, 15) is 5.11 Å². The molecule has 1 aliphatic carbocycles. The van der Waals surface area contributed by atoms with E-state index in [4.69, 9.17) is 9.47 Å². The van der Waals surface area contributed by atoms with Gasteiger partial charge in [-0.3, -0.25) is 0 Å². The Morgan fingerprint density at radius 1 is 1.40 bits per heavy atom. The average molecular weight is 344 g/mol. The number of aliphatic hydroxyl groups excluding tert-OH is 1. The summed E-state index contributed by atoms with van der Waals surface area (Å²) in [5.41, 5.74) is 2.59. The minimum Gasteiger partial charge on any atom is -0.493 e. The number of unbranched alkanes of at least 4 members (excludes halogenated alkanes) is 1. The minimum absolute atomic E-state index is 0.00951. The Kier molecular flexibility index (Phi) is 4.08. The molecule has 0 radical (unpaired) electrons. The lowest BCUT2D eigenvalue weighted by atomic mass is 9.69. The lowest BCUT2D eigenvalue weighted by Crippen LogP contribution is -2.47. The van der Waals surface area contributed by atoms with Crippen molar-refractivity contribution in [3.05, 3.63) is 35.4 Å². The quantitative estimate of drug-likeness (QED) is 0.673. The van der Waals surface area contributed by atoms with E-state index in [1.807, 2.05) is 6.08 Å². The fourth-order valence-corrected chi connectivity index (χ4v) is 5.01. The molecule has 1 spiro atoms.